The maximum atomic E-state index is 13.9. The van der Waals surface area contributed by atoms with Crippen molar-refractivity contribution in [2.45, 2.75) is 30.6 Å². The molecule has 1 aromatic heterocycles. The molecule has 1 saturated heterocycles. The van der Waals surface area contributed by atoms with E-state index in [1.807, 2.05) is 0 Å². The molecule has 0 bridgehead atoms. The van der Waals surface area contributed by atoms with E-state index in [9.17, 15) is 22.0 Å². The molecule has 3 aromatic rings. The van der Waals surface area contributed by atoms with E-state index >= 15 is 0 Å². The Morgan fingerprint density at radius 1 is 1.00 bits per heavy atom. The SMILES string of the molecule is O=C(Nc1nc(-c2ccc(F)cc2F)cs1)c1ccc(S(=O)(=O)N2CCCCCC2)cc1. The topological polar surface area (TPSA) is 79.4 Å². The Morgan fingerprint density at radius 2 is 1.69 bits per heavy atom. The molecule has 10 heteroatoms. The Morgan fingerprint density at radius 3 is 2.34 bits per heavy atom. The van der Waals surface area contributed by atoms with E-state index in [0.717, 1.165) is 49.2 Å². The number of benzene rings is 2. The molecule has 0 unspecified atom stereocenters. The van der Waals surface area contributed by atoms with E-state index < -0.39 is 27.6 Å². The summed E-state index contributed by atoms with van der Waals surface area (Å²) in [7, 11) is -3.59. The van der Waals surface area contributed by atoms with Crippen LogP contribution >= 0.6 is 11.3 Å². The molecular weight excluding hydrogens is 456 g/mol. The first kappa shape index (κ1) is 22.5. The monoisotopic (exact) mass is 477 g/mol. The Balaban J connectivity index is 1.46. The second-order valence-electron chi connectivity index (χ2n) is 7.46. The van der Waals surface area contributed by atoms with Crippen LogP contribution in [0, 0.1) is 11.6 Å². The van der Waals surface area contributed by atoms with Crippen molar-refractivity contribution in [3.63, 3.8) is 0 Å². The van der Waals surface area contributed by atoms with Gasteiger partial charge in [0, 0.05) is 35.7 Å². The molecule has 0 saturated carbocycles. The number of aromatic nitrogens is 1. The first-order valence-corrected chi connectivity index (χ1v) is 12.5. The smallest absolute Gasteiger partial charge is 0.257 e. The minimum Gasteiger partial charge on any atom is -0.298 e. The fourth-order valence-electron chi connectivity index (χ4n) is 3.53. The summed E-state index contributed by atoms with van der Waals surface area (Å²) >= 11 is 1.10. The molecular formula is C22H21F2N3O3S2. The second-order valence-corrected chi connectivity index (χ2v) is 10.3. The summed E-state index contributed by atoms with van der Waals surface area (Å²) in [5.74, 6) is -1.89. The predicted octanol–water partition coefficient (Wildman–Crippen LogP) is 4.91. The number of hydrogen-bond donors (Lipinski definition) is 1. The maximum absolute atomic E-state index is 13.9. The maximum Gasteiger partial charge on any atom is 0.257 e. The molecule has 0 spiro atoms. The van der Waals surface area contributed by atoms with Gasteiger partial charge in [-0.05, 0) is 49.2 Å². The van der Waals surface area contributed by atoms with Crippen molar-refractivity contribution in [2.75, 3.05) is 18.4 Å². The van der Waals surface area contributed by atoms with Gasteiger partial charge < -0.3 is 0 Å². The standard InChI is InChI=1S/C22H21F2N3O3S2/c23-16-7-10-18(19(24)13-16)20-14-31-22(25-20)26-21(28)15-5-8-17(9-6-15)32(29,30)27-11-3-1-2-4-12-27/h5-10,13-14H,1-4,11-12H2,(H,25,26,28). The molecule has 1 amide bonds. The van der Waals surface area contributed by atoms with Crippen molar-refractivity contribution in [1.82, 2.24) is 9.29 Å². The van der Waals surface area contributed by atoms with E-state index in [2.05, 4.69) is 10.3 Å². The largest absolute Gasteiger partial charge is 0.298 e. The summed E-state index contributed by atoms with van der Waals surface area (Å²) < 4.78 is 54.3. The molecule has 1 aliphatic rings. The van der Waals surface area contributed by atoms with Gasteiger partial charge in [-0.15, -0.1) is 11.3 Å². The number of sulfonamides is 1. The zero-order valence-electron chi connectivity index (χ0n) is 17.1. The van der Waals surface area contributed by atoms with Crippen LogP contribution in [0.1, 0.15) is 36.0 Å². The van der Waals surface area contributed by atoms with Gasteiger partial charge in [0.1, 0.15) is 11.6 Å². The molecule has 6 nitrogen and oxygen atoms in total. The summed E-state index contributed by atoms with van der Waals surface area (Å²) in [4.78, 5) is 16.9. The number of nitrogens with zero attached hydrogens (tertiary/aromatic N) is 2. The molecule has 32 heavy (non-hydrogen) atoms. The zero-order valence-corrected chi connectivity index (χ0v) is 18.7. The van der Waals surface area contributed by atoms with Gasteiger partial charge in [-0.3, -0.25) is 10.1 Å². The minimum atomic E-state index is -3.59. The van der Waals surface area contributed by atoms with Gasteiger partial charge in [0.15, 0.2) is 5.13 Å². The summed E-state index contributed by atoms with van der Waals surface area (Å²) in [6, 6.07) is 8.95. The van der Waals surface area contributed by atoms with Crippen molar-refractivity contribution < 1.29 is 22.0 Å². The number of carbonyl (C=O) groups is 1. The van der Waals surface area contributed by atoms with Crippen molar-refractivity contribution in [3.05, 3.63) is 65.0 Å². The van der Waals surface area contributed by atoms with E-state index in [1.54, 1.807) is 5.38 Å². The van der Waals surface area contributed by atoms with Crippen LogP contribution in [0.5, 0.6) is 0 Å². The molecule has 1 fully saturated rings. The van der Waals surface area contributed by atoms with Crippen LogP contribution in [0.25, 0.3) is 11.3 Å². The van der Waals surface area contributed by atoms with Gasteiger partial charge in [0.05, 0.1) is 10.6 Å². The molecule has 168 valence electrons. The first-order valence-electron chi connectivity index (χ1n) is 10.2. The van der Waals surface area contributed by atoms with Crippen molar-refractivity contribution in [3.8, 4) is 11.3 Å². The number of nitrogens with one attached hydrogen (secondary N) is 1. The molecule has 4 rings (SSSR count). The molecule has 2 aromatic carbocycles. The Labute approximate surface area is 189 Å². The van der Waals surface area contributed by atoms with E-state index in [1.165, 1.54) is 34.6 Å². The predicted molar refractivity (Wildman–Crippen MR) is 119 cm³/mol. The van der Waals surface area contributed by atoms with Crippen molar-refractivity contribution in [1.29, 1.82) is 0 Å². The van der Waals surface area contributed by atoms with Crippen LogP contribution in [0.2, 0.25) is 0 Å². The van der Waals surface area contributed by atoms with Crippen LogP contribution in [0.15, 0.2) is 52.7 Å². The fourth-order valence-corrected chi connectivity index (χ4v) is 5.75. The number of amides is 1. The fraction of sp³-hybridized carbons (Fsp3) is 0.273. The highest BCUT2D eigenvalue weighted by molar-refractivity contribution is 7.89. The summed E-state index contributed by atoms with van der Waals surface area (Å²) in [6.07, 6.45) is 3.74. The van der Waals surface area contributed by atoms with Crippen molar-refractivity contribution >= 4 is 32.4 Å². The first-order chi connectivity index (χ1) is 15.3. The van der Waals surface area contributed by atoms with Gasteiger partial charge in [-0.25, -0.2) is 22.2 Å². The molecule has 0 radical (unpaired) electrons. The third kappa shape index (κ3) is 4.87. The number of carbonyl (C=O) groups excluding carboxylic acids is 1. The number of thiazole rings is 1. The van der Waals surface area contributed by atoms with Gasteiger partial charge >= 0.3 is 0 Å². The van der Waals surface area contributed by atoms with Gasteiger partial charge in [0.25, 0.3) is 5.91 Å². The highest BCUT2D eigenvalue weighted by Crippen LogP contribution is 2.28. The lowest BCUT2D eigenvalue weighted by molar-refractivity contribution is 0.102. The lowest BCUT2D eigenvalue weighted by atomic mass is 10.1. The third-order valence-electron chi connectivity index (χ3n) is 5.25. The highest BCUT2D eigenvalue weighted by atomic mass is 32.2. The lowest BCUT2D eigenvalue weighted by Crippen LogP contribution is -2.31. The van der Waals surface area contributed by atoms with Crippen LogP contribution in [0.4, 0.5) is 13.9 Å². The molecule has 2 heterocycles. The minimum absolute atomic E-state index is 0.131. The molecule has 0 aliphatic carbocycles. The molecule has 1 N–H and O–H groups in total. The van der Waals surface area contributed by atoms with Gasteiger partial charge in [0.2, 0.25) is 10.0 Å². The molecule has 1 aliphatic heterocycles. The third-order valence-corrected chi connectivity index (χ3v) is 7.92. The van der Waals surface area contributed by atoms with Gasteiger partial charge in [-0.2, -0.15) is 4.31 Å². The Kier molecular flexibility index (Phi) is 6.63. The Hall–Kier alpha value is -2.69. The van der Waals surface area contributed by atoms with E-state index in [0.29, 0.717) is 13.1 Å². The van der Waals surface area contributed by atoms with Crippen molar-refractivity contribution in [2.24, 2.45) is 0 Å². The Bertz CT molecular complexity index is 1220. The summed E-state index contributed by atoms with van der Waals surface area (Å²) in [6.45, 7) is 1.01. The van der Waals surface area contributed by atoms with Crippen LogP contribution in [-0.4, -0.2) is 36.7 Å². The number of rotatable bonds is 5. The average molecular weight is 478 g/mol. The lowest BCUT2D eigenvalue weighted by Gasteiger charge is -2.20. The zero-order chi connectivity index (χ0) is 22.7. The number of anilines is 1. The average Bonchev–Trinajstić information content (AvgIpc) is 3.04. The highest BCUT2D eigenvalue weighted by Gasteiger charge is 2.25. The number of hydrogen-bond acceptors (Lipinski definition) is 5. The molecule has 0 atom stereocenters. The summed E-state index contributed by atoms with van der Waals surface area (Å²) in [5, 5.41) is 4.42. The van der Waals surface area contributed by atoms with E-state index in [4.69, 9.17) is 0 Å². The van der Waals surface area contributed by atoms with Crippen LogP contribution < -0.4 is 5.32 Å². The second kappa shape index (κ2) is 9.43. The number of halogens is 2. The van der Waals surface area contributed by atoms with Gasteiger partial charge in [-0.1, -0.05) is 12.8 Å². The van der Waals surface area contributed by atoms with Crippen LogP contribution in [0.3, 0.4) is 0 Å². The summed E-state index contributed by atoms with van der Waals surface area (Å²) in [5.41, 5.74) is 0.678. The van der Waals surface area contributed by atoms with Crippen LogP contribution in [-0.2, 0) is 10.0 Å². The quantitative estimate of drug-likeness (QED) is 0.567. The van der Waals surface area contributed by atoms with E-state index in [-0.39, 0.29) is 26.8 Å². The normalized spacial score (nSPS) is 15.3.